The Labute approximate surface area is 104 Å². The van der Waals surface area contributed by atoms with E-state index in [9.17, 15) is 4.79 Å². The highest BCUT2D eigenvalue weighted by molar-refractivity contribution is 7.09. The van der Waals surface area contributed by atoms with Crippen molar-refractivity contribution in [2.24, 2.45) is 5.73 Å². The van der Waals surface area contributed by atoms with Crippen LogP contribution >= 0.6 is 11.3 Å². The first-order valence-electron chi connectivity index (χ1n) is 5.32. The third-order valence-corrected chi connectivity index (χ3v) is 3.20. The number of thiazole rings is 1. The van der Waals surface area contributed by atoms with Gasteiger partial charge in [-0.15, -0.1) is 11.3 Å². The molecule has 7 heteroatoms. The number of carbonyl (C=O) groups excluding carboxylic acids is 1. The second-order valence-electron chi connectivity index (χ2n) is 3.60. The maximum Gasteiger partial charge on any atom is 0.273 e. The van der Waals surface area contributed by atoms with Gasteiger partial charge >= 0.3 is 0 Å². The summed E-state index contributed by atoms with van der Waals surface area (Å²) in [6.07, 6.45) is 0. The van der Waals surface area contributed by atoms with E-state index in [1.165, 1.54) is 16.2 Å². The molecule has 0 saturated carbocycles. The fraction of sp³-hybridized carbons (Fsp3) is 0.600. The van der Waals surface area contributed by atoms with E-state index < -0.39 is 0 Å². The Morgan fingerprint density at radius 3 is 2.53 bits per heavy atom. The van der Waals surface area contributed by atoms with Gasteiger partial charge in [0.2, 0.25) is 0 Å². The number of carbonyl (C=O) groups is 1. The highest BCUT2D eigenvalue weighted by Gasteiger charge is 2.18. The quantitative estimate of drug-likeness (QED) is 0.645. The number of hydrogen-bond acceptors (Lipinski definition) is 6. The van der Waals surface area contributed by atoms with Crippen LogP contribution in [0.1, 0.15) is 28.5 Å². The fourth-order valence-electron chi connectivity index (χ4n) is 1.31. The van der Waals surface area contributed by atoms with Gasteiger partial charge in [0.1, 0.15) is 10.7 Å². The first-order valence-corrected chi connectivity index (χ1v) is 6.20. The smallest absolute Gasteiger partial charge is 0.273 e. The molecule has 0 saturated heterocycles. The van der Waals surface area contributed by atoms with Crippen LogP contribution in [0.15, 0.2) is 5.38 Å². The molecule has 1 heterocycles. The van der Waals surface area contributed by atoms with Crippen molar-refractivity contribution in [3.05, 3.63) is 16.1 Å². The van der Waals surface area contributed by atoms with E-state index in [4.69, 9.17) is 15.9 Å². The van der Waals surface area contributed by atoms with E-state index >= 15 is 0 Å². The summed E-state index contributed by atoms with van der Waals surface area (Å²) >= 11 is 1.33. The standard InChI is InChI=1S/C10H17N3O3S/c1-7(11)9-12-8(6-17-9)10(16)13(2-4-14)3-5-15/h6-7,14-15H,2-5,11H2,1H3. The lowest BCUT2D eigenvalue weighted by atomic mass is 10.3. The Balaban J connectivity index is 2.77. The minimum absolute atomic E-state index is 0.143. The fourth-order valence-corrected chi connectivity index (χ4v) is 2.06. The Kier molecular flexibility index (Phi) is 5.49. The molecule has 1 unspecified atom stereocenters. The average molecular weight is 259 g/mol. The summed E-state index contributed by atoms with van der Waals surface area (Å²) in [6, 6.07) is -0.203. The van der Waals surface area contributed by atoms with Crippen LogP contribution in [0.25, 0.3) is 0 Å². The molecule has 1 rings (SSSR count). The van der Waals surface area contributed by atoms with E-state index in [2.05, 4.69) is 4.98 Å². The number of hydrogen-bond donors (Lipinski definition) is 3. The zero-order chi connectivity index (χ0) is 12.8. The zero-order valence-electron chi connectivity index (χ0n) is 9.67. The van der Waals surface area contributed by atoms with E-state index in [1.54, 1.807) is 12.3 Å². The minimum Gasteiger partial charge on any atom is -0.395 e. The molecule has 6 nitrogen and oxygen atoms in total. The van der Waals surface area contributed by atoms with Gasteiger partial charge in [0, 0.05) is 18.5 Å². The van der Waals surface area contributed by atoms with Crippen molar-refractivity contribution in [3.63, 3.8) is 0 Å². The molecule has 0 bridgehead atoms. The van der Waals surface area contributed by atoms with Crippen LogP contribution in [0.5, 0.6) is 0 Å². The van der Waals surface area contributed by atoms with Gasteiger partial charge in [-0.25, -0.2) is 4.98 Å². The van der Waals surface area contributed by atoms with Crippen molar-refractivity contribution < 1.29 is 15.0 Å². The van der Waals surface area contributed by atoms with Crippen molar-refractivity contribution >= 4 is 17.2 Å². The van der Waals surface area contributed by atoms with Gasteiger partial charge in [0.25, 0.3) is 5.91 Å². The number of rotatable bonds is 6. The molecule has 0 radical (unpaired) electrons. The third-order valence-electron chi connectivity index (χ3n) is 2.16. The molecule has 17 heavy (non-hydrogen) atoms. The lowest BCUT2D eigenvalue weighted by molar-refractivity contribution is 0.0679. The van der Waals surface area contributed by atoms with E-state index in [1.807, 2.05) is 0 Å². The van der Waals surface area contributed by atoms with Crippen molar-refractivity contribution in [2.75, 3.05) is 26.3 Å². The van der Waals surface area contributed by atoms with Crippen molar-refractivity contribution in [3.8, 4) is 0 Å². The van der Waals surface area contributed by atoms with E-state index in [-0.39, 0.29) is 38.3 Å². The van der Waals surface area contributed by atoms with Gasteiger partial charge in [-0.1, -0.05) is 0 Å². The monoisotopic (exact) mass is 259 g/mol. The molecule has 96 valence electrons. The van der Waals surface area contributed by atoms with Gasteiger partial charge in [-0.3, -0.25) is 4.79 Å². The number of amides is 1. The van der Waals surface area contributed by atoms with Crippen LogP contribution in [-0.4, -0.2) is 52.3 Å². The molecule has 1 atom stereocenters. The van der Waals surface area contributed by atoms with Crippen molar-refractivity contribution in [2.45, 2.75) is 13.0 Å². The number of aromatic nitrogens is 1. The number of aliphatic hydroxyl groups is 2. The second kappa shape index (κ2) is 6.65. The van der Waals surface area contributed by atoms with Crippen LogP contribution < -0.4 is 5.73 Å². The summed E-state index contributed by atoms with van der Waals surface area (Å²) in [6.45, 7) is 1.88. The Morgan fingerprint density at radius 1 is 1.53 bits per heavy atom. The Bertz CT molecular complexity index is 361. The summed E-state index contributed by atoms with van der Waals surface area (Å²) in [5.74, 6) is -0.295. The summed E-state index contributed by atoms with van der Waals surface area (Å²) in [7, 11) is 0. The van der Waals surface area contributed by atoms with Gasteiger partial charge in [0.05, 0.1) is 19.3 Å². The number of nitrogens with two attached hydrogens (primary N) is 1. The van der Waals surface area contributed by atoms with Crippen LogP contribution in [0.4, 0.5) is 0 Å². The minimum atomic E-state index is -0.295. The topological polar surface area (TPSA) is 99.7 Å². The van der Waals surface area contributed by atoms with Crippen molar-refractivity contribution in [1.29, 1.82) is 0 Å². The van der Waals surface area contributed by atoms with Crippen LogP contribution in [0, 0.1) is 0 Å². The van der Waals surface area contributed by atoms with Gasteiger partial charge in [-0.05, 0) is 6.92 Å². The highest BCUT2D eigenvalue weighted by atomic mass is 32.1. The van der Waals surface area contributed by atoms with E-state index in [0.717, 1.165) is 0 Å². The third kappa shape index (κ3) is 3.74. The molecular weight excluding hydrogens is 242 g/mol. The van der Waals surface area contributed by atoms with Crippen LogP contribution in [-0.2, 0) is 0 Å². The molecule has 1 aromatic rings. The average Bonchev–Trinajstić information content (AvgIpc) is 2.77. The predicted molar refractivity (Wildman–Crippen MR) is 64.8 cm³/mol. The zero-order valence-corrected chi connectivity index (χ0v) is 10.5. The van der Waals surface area contributed by atoms with Gasteiger partial charge < -0.3 is 20.8 Å². The Hall–Kier alpha value is -1.02. The first kappa shape index (κ1) is 14.0. The second-order valence-corrected chi connectivity index (χ2v) is 4.49. The lowest BCUT2D eigenvalue weighted by Gasteiger charge is -2.19. The summed E-state index contributed by atoms with van der Waals surface area (Å²) < 4.78 is 0. The molecular formula is C10H17N3O3S. The van der Waals surface area contributed by atoms with Gasteiger partial charge in [0.15, 0.2) is 0 Å². The lowest BCUT2D eigenvalue weighted by Crippen LogP contribution is -2.36. The molecule has 0 fully saturated rings. The maximum atomic E-state index is 12.0. The predicted octanol–water partition coefficient (Wildman–Crippen LogP) is -0.410. The highest BCUT2D eigenvalue weighted by Crippen LogP contribution is 2.16. The van der Waals surface area contributed by atoms with Crippen LogP contribution in [0.3, 0.4) is 0 Å². The summed E-state index contributed by atoms with van der Waals surface area (Å²) in [5, 5.41) is 20.0. The molecule has 0 aliphatic carbocycles. The molecule has 0 spiro atoms. The van der Waals surface area contributed by atoms with E-state index in [0.29, 0.717) is 10.7 Å². The number of nitrogens with zero attached hydrogens (tertiary/aromatic N) is 2. The Morgan fingerprint density at radius 2 is 2.12 bits per heavy atom. The van der Waals surface area contributed by atoms with Gasteiger partial charge in [-0.2, -0.15) is 0 Å². The number of aliphatic hydroxyl groups excluding tert-OH is 2. The van der Waals surface area contributed by atoms with Crippen LogP contribution in [0.2, 0.25) is 0 Å². The molecule has 1 amide bonds. The molecule has 0 aliphatic heterocycles. The largest absolute Gasteiger partial charge is 0.395 e. The molecule has 0 aromatic carbocycles. The summed E-state index contributed by atoms with van der Waals surface area (Å²) in [5.41, 5.74) is 5.97. The first-order chi connectivity index (χ1) is 8.10. The normalized spacial score (nSPS) is 12.5. The molecule has 0 aliphatic rings. The van der Waals surface area contributed by atoms with Crippen molar-refractivity contribution in [1.82, 2.24) is 9.88 Å². The molecule has 1 aromatic heterocycles. The SMILES string of the molecule is CC(N)c1nc(C(=O)N(CCO)CCO)cs1. The summed E-state index contributed by atoms with van der Waals surface area (Å²) in [4.78, 5) is 17.5. The maximum absolute atomic E-state index is 12.0. The molecule has 4 N–H and O–H groups in total.